The molecule has 1 saturated heterocycles. The molecule has 3 aromatic rings. The van der Waals surface area contributed by atoms with E-state index in [0.29, 0.717) is 30.4 Å². The van der Waals surface area contributed by atoms with E-state index in [9.17, 15) is 9.59 Å². The van der Waals surface area contributed by atoms with Crippen LogP contribution in [0, 0.1) is 12.8 Å². The molecule has 0 aliphatic carbocycles. The molecule has 9 heteroatoms. The number of hydrogen-bond acceptors (Lipinski definition) is 7. The van der Waals surface area contributed by atoms with E-state index in [2.05, 4.69) is 20.5 Å². The zero-order valence-corrected chi connectivity index (χ0v) is 18.0. The number of anilines is 2. The highest BCUT2D eigenvalue weighted by molar-refractivity contribution is 5.90. The van der Waals surface area contributed by atoms with Gasteiger partial charge in [0.2, 0.25) is 23.6 Å². The van der Waals surface area contributed by atoms with Crippen molar-refractivity contribution in [3.05, 3.63) is 54.0 Å². The van der Waals surface area contributed by atoms with Crippen molar-refractivity contribution in [2.24, 2.45) is 11.7 Å². The van der Waals surface area contributed by atoms with Gasteiger partial charge >= 0.3 is 0 Å². The van der Waals surface area contributed by atoms with Gasteiger partial charge in [-0.15, -0.1) is 10.2 Å². The Balaban J connectivity index is 1.28. The summed E-state index contributed by atoms with van der Waals surface area (Å²) in [7, 11) is 0. The summed E-state index contributed by atoms with van der Waals surface area (Å²) < 4.78 is 5.67. The summed E-state index contributed by atoms with van der Waals surface area (Å²) >= 11 is 0. The van der Waals surface area contributed by atoms with Crippen LogP contribution in [-0.4, -0.2) is 40.1 Å². The Labute approximate surface area is 186 Å². The molecule has 0 saturated carbocycles. The van der Waals surface area contributed by atoms with Gasteiger partial charge in [-0.05, 0) is 44.0 Å². The Morgan fingerprint density at radius 2 is 2.00 bits per heavy atom. The van der Waals surface area contributed by atoms with Crippen LogP contribution in [0.4, 0.5) is 11.5 Å². The number of amides is 2. The van der Waals surface area contributed by atoms with E-state index in [1.807, 2.05) is 42.2 Å². The quantitative estimate of drug-likeness (QED) is 0.585. The van der Waals surface area contributed by atoms with Gasteiger partial charge < -0.3 is 20.4 Å². The first-order valence-electron chi connectivity index (χ1n) is 10.7. The number of piperidine rings is 1. The molecule has 2 aromatic heterocycles. The Morgan fingerprint density at radius 3 is 2.72 bits per heavy atom. The van der Waals surface area contributed by atoms with E-state index in [1.165, 1.54) is 0 Å². The number of carbonyl (C=O) groups excluding carboxylic acids is 2. The van der Waals surface area contributed by atoms with Crippen LogP contribution in [0.2, 0.25) is 0 Å². The molecule has 9 nitrogen and oxygen atoms in total. The molecule has 4 rings (SSSR count). The van der Waals surface area contributed by atoms with Crippen molar-refractivity contribution in [1.29, 1.82) is 0 Å². The maximum atomic E-state index is 12.3. The SMILES string of the molecule is Cc1ccc(-c2nnc(CCC(=O)Nc3ccc(N4CCCC(C(N)=O)C4)nc3)o2)cc1. The first-order chi connectivity index (χ1) is 15.5. The second kappa shape index (κ2) is 9.59. The summed E-state index contributed by atoms with van der Waals surface area (Å²) in [4.78, 5) is 30.3. The number of benzene rings is 1. The predicted octanol–water partition coefficient (Wildman–Crippen LogP) is 2.71. The molecule has 1 unspecified atom stereocenters. The summed E-state index contributed by atoms with van der Waals surface area (Å²) in [6.45, 7) is 3.41. The smallest absolute Gasteiger partial charge is 0.247 e. The van der Waals surface area contributed by atoms with Crippen LogP contribution >= 0.6 is 0 Å². The lowest BCUT2D eigenvalue weighted by Crippen LogP contribution is -2.41. The van der Waals surface area contributed by atoms with Crippen molar-refractivity contribution in [2.75, 3.05) is 23.3 Å². The highest BCUT2D eigenvalue weighted by Gasteiger charge is 2.24. The zero-order valence-electron chi connectivity index (χ0n) is 18.0. The zero-order chi connectivity index (χ0) is 22.5. The predicted molar refractivity (Wildman–Crippen MR) is 120 cm³/mol. The highest BCUT2D eigenvalue weighted by Crippen LogP contribution is 2.23. The summed E-state index contributed by atoms with van der Waals surface area (Å²) in [6, 6.07) is 11.4. The fourth-order valence-corrected chi connectivity index (χ4v) is 3.68. The lowest BCUT2D eigenvalue weighted by molar-refractivity contribution is -0.122. The van der Waals surface area contributed by atoms with Gasteiger partial charge in [0.15, 0.2) is 0 Å². The third-order valence-electron chi connectivity index (χ3n) is 5.51. The number of aromatic nitrogens is 3. The van der Waals surface area contributed by atoms with Gasteiger partial charge in [-0.3, -0.25) is 9.59 Å². The molecule has 32 heavy (non-hydrogen) atoms. The van der Waals surface area contributed by atoms with Gasteiger partial charge in [-0.25, -0.2) is 4.98 Å². The van der Waals surface area contributed by atoms with Crippen LogP contribution in [0.25, 0.3) is 11.5 Å². The van der Waals surface area contributed by atoms with Crippen LogP contribution in [0.3, 0.4) is 0 Å². The third-order valence-corrected chi connectivity index (χ3v) is 5.51. The number of nitrogens with two attached hydrogens (primary N) is 1. The molecule has 3 heterocycles. The Morgan fingerprint density at radius 1 is 1.19 bits per heavy atom. The number of rotatable bonds is 7. The minimum absolute atomic E-state index is 0.152. The number of nitrogens with zero attached hydrogens (tertiary/aromatic N) is 4. The number of hydrogen-bond donors (Lipinski definition) is 2. The van der Waals surface area contributed by atoms with Gasteiger partial charge in [0.1, 0.15) is 5.82 Å². The Hall–Kier alpha value is -3.75. The number of nitrogens with one attached hydrogen (secondary N) is 1. The molecule has 1 fully saturated rings. The van der Waals surface area contributed by atoms with Gasteiger partial charge in [0.25, 0.3) is 0 Å². The minimum atomic E-state index is -0.272. The van der Waals surface area contributed by atoms with Crippen molar-refractivity contribution in [3.63, 3.8) is 0 Å². The first-order valence-corrected chi connectivity index (χ1v) is 10.7. The van der Waals surface area contributed by atoms with E-state index in [0.717, 1.165) is 36.3 Å². The number of pyridine rings is 1. The van der Waals surface area contributed by atoms with E-state index in [1.54, 1.807) is 12.3 Å². The molecule has 1 aliphatic heterocycles. The topological polar surface area (TPSA) is 127 Å². The van der Waals surface area contributed by atoms with E-state index in [-0.39, 0.29) is 24.2 Å². The number of carbonyl (C=O) groups is 2. The van der Waals surface area contributed by atoms with Gasteiger partial charge in [0.05, 0.1) is 17.8 Å². The highest BCUT2D eigenvalue weighted by atomic mass is 16.4. The van der Waals surface area contributed by atoms with E-state index in [4.69, 9.17) is 10.2 Å². The summed E-state index contributed by atoms with van der Waals surface area (Å²) in [5.74, 6) is 1.03. The summed E-state index contributed by atoms with van der Waals surface area (Å²) in [6.07, 6.45) is 3.88. The molecule has 1 aliphatic rings. The third kappa shape index (κ3) is 5.29. The molecule has 2 amide bonds. The molecule has 0 spiro atoms. The molecule has 3 N–H and O–H groups in total. The lowest BCUT2D eigenvalue weighted by Gasteiger charge is -2.32. The summed E-state index contributed by atoms with van der Waals surface area (Å²) in [5.41, 5.74) is 8.05. The Kier molecular flexibility index (Phi) is 6.44. The fraction of sp³-hybridized carbons (Fsp3) is 0.348. The van der Waals surface area contributed by atoms with Gasteiger partial charge in [-0.2, -0.15) is 0 Å². The normalized spacial score (nSPS) is 16.0. The van der Waals surface area contributed by atoms with Crippen LogP contribution in [0.1, 0.15) is 30.7 Å². The van der Waals surface area contributed by atoms with Crippen LogP contribution in [-0.2, 0) is 16.0 Å². The average molecular weight is 435 g/mol. The molecule has 1 aromatic carbocycles. The standard InChI is InChI=1S/C23H26N6O3/c1-15-4-6-16(7-5-15)23-28-27-21(32-23)11-10-20(30)26-18-8-9-19(25-13-18)29-12-2-3-17(14-29)22(24)31/h4-9,13,17H,2-3,10-12,14H2,1H3,(H2,24,31)(H,26,30). The van der Waals surface area contributed by atoms with Gasteiger partial charge in [0, 0.05) is 31.5 Å². The maximum absolute atomic E-state index is 12.3. The van der Waals surface area contributed by atoms with Crippen LogP contribution < -0.4 is 16.0 Å². The van der Waals surface area contributed by atoms with Crippen molar-refractivity contribution in [2.45, 2.75) is 32.6 Å². The average Bonchev–Trinajstić information content (AvgIpc) is 3.28. The van der Waals surface area contributed by atoms with E-state index < -0.39 is 0 Å². The second-order valence-corrected chi connectivity index (χ2v) is 8.01. The van der Waals surface area contributed by atoms with Crippen LogP contribution in [0.5, 0.6) is 0 Å². The first kappa shape index (κ1) is 21.5. The van der Waals surface area contributed by atoms with Crippen LogP contribution in [0.15, 0.2) is 47.0 Å². The number of aryl methyl sites for hydroxylation is 2. The molecule has 0 radical (unpaired) electrons. The van der Waals surface area contributed by atoms with E-state index >= 15 is 0 Å². The number of primary amides is 1. The molecular weight excluding hydrogens is 408 g/mol. The monoisotopic (exact) mass is 434 g/mol. The van der Waals surface area contributed by atoms with Crippen molar-refractivity contribution in [3.8, 4) is 11.5 Å². The lowest BCUT2D eigenvalue weighted by atomic mass is 9.97. The second-order valence-electron chi connectivity index (χ2n) is 8.01. The minimum Gasteiger partial charge on any atom is -0.421 e. The van der Waals surface area contributed by atoms with Crippen molar-refractivity contribution < 1.29 is 14.0 Å². The largest absolute Gasteiger partial charge is 0.421 e. The molecule has 166 valence electrons. The maximum Gasteiger partial charge on any atom is 0.247 e. The molecule has 1 atom stereocenters. The van der Waals surface area contributed by atoms with Crippen molar-refractivity contribution >= 4 is 23.3 Å². The van der Waals surface area contributed by atoms with Crippen molar-refractivity contribution in [1.82, 2.24) is 15.2 Å². The summed E-state index contributed by atoms with van der Waals surface area (Å²) in [5, 5.41) is 10.9. The Bertz CT molecular complexity index is 1080. The fourth-order valence-electron chi connectivity index (χ4n) is 3.68. The molecular formula is C23H26N6O3. The van der Waals surface area contributed by atoms with Gasteiger partial charge in [-0.1, -0.05) is 17.7 Å². The molecule has 0 bridgehead atoms.